The highest BCUT2D eigenvalue weighted by Gasteiger charge is 2.40. The summed E-state index contributed by atoms with van der Waals surface area (Å²) in [5.74, 6) is -3.92. The van der Waals surface area contributed by atoms with E-state index in [-0.39, 0.29) is 81.5 Å². The lowest BCUT2D eigenvalue weighted by Gasteiger charge is -2.36. The second-order valence-electron chi connectivity index (χ2n) is 25.0. The summed E-state index contributed by atoms with van der Waals surface area (Å²) in [5, 5.41) is 25.2. The maximum absolute atomic E-state index is 14.8. The molecule has 22 heteroatoms. The first kappa shape index (κ1) is 77.3. The first-order valence-electron chi connectivity index (χ1n) is 33.7. The minimum Gasteiger partial charge on any atom is -0.494 e. The molecule has 0 saturated heterocycles. The van der Waals surface area contributed by atoms with Gasteiger partial charge in [-0.05, 0) is 113 Å². The lowest BCUT2D eigenvalue weighted by molar-refractivity contribution is -0.148. The van der Waals surface area contributed by atoms with Crippen LogP contribution in [0.2, 0.25) is 0 Å². The van der Waals surface area contributed by atoms with Crippen molar-refractivity contribution in [1.29, 1.82) is 0 Å². The summed E-state index contributed by atoms with van der Waals surface area (Å²) < 4.78 is 16.2. The van der Waals surface area contributed by atoms with E-state index in [1.807, 2.05) is 125 Å². The Morgan fingerprint density at radius 3 is 1.46 bits per heavy atom. The molecule has 0 aliphatic rings. The van der Waals surface area contributed by atoms with Crippen LogP contribution in [0.25, 0.3) is 0 Å². The molecule has 0 aromatic heterocycles. The lowest BCUT2D eigenvalue weighted by Crippen LogP contribution is -2.60. The van der Waals surface area contributed by atoms with Crippen LogP contribution in [0, 0.1) is 0 Å². The topological polar surface area (TPSA) is 290 Å². The standard InChI is InChI=1S/C76H97N9O12S/c1-9-28-52(4)79-73(93)80-53(5)40-45-66(86)77-46-27-39-67(87)81-63(48-55-31-19-13-20-32-55)70(90)83-62(47-54-29-17-12-18-30-54)68(88)78-49-64(85-74(94)97-75(6,7)8)71(91)82-61(10-2)69(89)84-65(72(92)96-50-56-41-43-60(44-42-56)95-11-3)51-98-76(57-33-21-14-22-34-57,58-35-23-15-24-36-58)59-37-25-16-26-38-59/h12-26,29-38,41-44,52-53,61-65H,9-11,27-28,39-40,45-51H2,1-8H3,(H,77,86)(H,78,88)(H,81,87)(H,82,91)(H,83,90)(H,84,89)(H,85,94)(H2,79,80,93)/t52-,53-,61+,62+,63+,64+,65+/m1/s1. The molecule has 6 aromatic rings. The first-order valence-corrected chi connectivity index (χ1v) is 34.7. The zero-order valence-electron chi connectivity index (χ0n) is 57.5. The molecule has 0 radical (unpaired) electrons. The van der Waals surface area contributed by atoms with Crippen LogP contribution in [0.4, 0.5) is 9.59 Å². The molecule has 7 atom stereocenters. The molecule has 9 N–H and O–H groups in total. The van der Waals surface area contributed by atoms with Crippen molar-refractivity contribution in [2.45, 2.75) is 172 Å². The Morgan fingerprint density at radius 1 is 0.469 bits per heavy atom. The molecule has 0 spiro atoms. The Hall–Kier alpha value is -9.70. The van der Waals surface area contributed by atoms with Crippen LogP contribution < -0.4 is 52.6 Å². The molecule has 0 heterocycles. The van der Waals surface area contributed by atoms with Crippen LogP contribution >= 0.6 is 11.8 Å². The van der Waals surface area contributed by atoms with E-state index in [2.05, 4.69) is 47.9 Å². The molecule has 98 heavy (non-hydrogen) atoms. The Bertz CT molecular complexity index is 3380. The molecule has 524 valence electrons. The van der Waals surface area contributed by atoms with E-state index in [0.29, 0.717) is 35.5 Å². The van der Waals surface area contributed by atoms with E-state index in [9.17, 15) is 43.2 Å². The summed E-state index contributed by atoms with van der Waals surface area (Å²) in [6, 6.07) is 47.3. The van der Waals surface area contributed by atoms with Gasteiger partial charge in [-0.3, -0.25) is 28.8 Å². The molecule has 0 saturated carbocycles. The molecule has 6 rings (SSSR count). The van der Waals surface area contributed by atoms with Crippen molar-refractivity contribution in [2.75, 3.05) is 25.4 Å². The first-order chi connectivity index (χ1) is 47.1. The zero-order chi connectivity index (χ0) is 70.9. The maximum Gasteiger partial charge on any atom is 0.408 e. The predicted octanol–water partition coefficient (Wildman–Crippen LogP) is 9.25. The Labute approximate surface area is 580 Å². The number of carbonyl (C=O) groups excluding carboxylic acids is 9. The van der Waals surface area contributed by atoms with Gasteiger partial charge in [0.1, 0.15) is 48.2 Å². The van der Waals surface area contributed by atoms with Crippen molar-refractivity contribution in [2.24, 2.45) is 0 Å². The van der Waals surface area contributed by atoms with E-state index in [0.717, 1.165) is 29.5 Å². The minimum absolute atomic E-state index is 0.00820. The second-order valence-corrected chi connectivity index (χ2v) is 26.2. The van der Waals surface area contributed by atoms with Crippen LogP contribution in [-0.2, 0) is 67.2 Å². The average molecular weight is 1360 g/mol. The molecule has 0 aliphatic carbocycles. The molecular weight excluding hydrogens is 1260 g/mol. The van der Waals surface area contributed by atoms with Gasteiger partial charge in [0.25, 0.3) is 0 Å². The molecule has 0 bridgehead atoms. The van der Waals surface area contributed by atoms with Crippen LogP contribution in [0.15, 0.2) is 176 Å². The van der Waals surface area contributed by atoms with Crippen LogP contribution in [-0.4, -0.2) is 127 Å². The largest absolute Gasteiger partial charge is 0.494 e. The number of thioether (sulfide) groups is 1. The fourth-order valence-electron chi connectivity index (χ4n) is 10.8. The summed E-state index contributed by atoms with van der Waals surface area (Å²) in [4.78, 5) is 126. The fraction of sp³-hybridized carbons (Fsp3) is 0.408. The van der Waals surface area contributed by atoms with Gasteiger partial charge in [-0.1, -0.05) is 184 Å². The molecule has 21 nitrogen and oxygen atoms in total. The van der Waals surface area contributed by atoms with Crippen LogP contribution in [0.1, 0.15) is 134 Å². The maximum atomic E-state index is 14.8. The molecular formula is C76H97N9O12S. The van der Waals surface area contributed by atoms with Gasteiger partial charge in [-0.2, -0.15) is 0 Å². The van der Waals surface area contributed by atoms with E-state index in [4.69, 9.17) is 14.2 Å². The fourth-order valence-corrected chi connectivity index (χ4v) is 12.3. The number of carbonyl (C=O) groups is 9. The van der Waals surface area contributed by atoms with Gasteiger partial charge >= 0.3 is 18.1 Å². The summed E-state index contributed by atoms with van der Waals surface area (Å²) in [7, 11) is 0. The number of hydrogen-bond donors (Lipinski definition) is 9. The van der Waals surface area contributed by atoms with Crippen molar-refractivity contribution in [3.05, 3.63) is 209 Å². The Morgan fingerprint density at radius 2 is 0.949 bits per heavy atom. The van der Waals surface area contributed by atoms with Gasteiger partial charge in [-0.15, -0.1) is 11.8 Å². The van der Waals surface area contributed by atoms with Crippen molar-refractivity contribution in [3.63, 3.8) is 0 Å². The third kappa shape index (κ3) is 26.0. The van der Waals surface area contributed by atoms with Gasteiger partial charge in [0.05, 0.1) is 11.4 Å². The molecule has 0 aliphatic heterocycles. The van der Waals surface area contributed by atoms with Gasteiger partial charge in [0.2, 0.25) is 35.4 Å². The second kappa shape index (κ2) is 40.1. The number of alkyl carbamates (subject to hydrolysis) is 1. The molecule has 6 aromatic carbocycles. The van der Waals surface area contributed by atoms with E-state index < -0.39 is 88.7 Å². The lowest BCUT2D eigenvalue weighted by atomic mass is 9.84. The highest BCUT2D eigenvalue weighted by molar-refractivity contribution is 8.00. The summed E-state index contributed by atoms with van der Waals surface area (Å²) in [6.07, 6.45) is 1.54. The van der Waals surface area contributed by atoms with E-state index >= 15 is 0 Å². The van der Waals surface area contributed by atoms with E-state index in [1.165, 1.54) is 11.8 Å². The smallest absolute Gasteiger partial charge is 0.408 e. The van der Waals surface area contributed by atoms with Crippen molar-refractivity contribution in [3.8, 4) is 5.75 Å². The number of ether oxygens (including phenoxy) is 3. The van der Waals surface area contributed by atoms with E-state index in [1.54, 1.807) is 107 Å². The quantitative estimate of drug-likeness (QED) is 0.00994. The molecule has 0 unspecified atom stereocenters. The number of benzene rings is 6. The SMILES string of the molecule is CCC[C@@H](C)NC(=O)N[C@H](C)CCC(=O)NCCCC(=O)N[C@@H](Cc1ccccc1)C(=O)N[C@@H](Cc1ccccc1)C(=O)NC[C@H](NC(=O)OC(C)(C)C)C(=O)N[C@@H](CC)C(=O)N[C@@H](CSC(c1ccccc1)(c1ccccc1)c1ccccc1)C(=O)OCc1ccc(OCC)cc1. The van der Waals surface area contributed by atoms with Crippen molar-refractivity contribution < 1.29 is 57.4 Å². The minimum atomic E-state index is -1.58. The van der Waals surface area contributed by atoms with Gasteiger partial charge < -0.3 is 62.1 Å². The van der Waals surface area contributed by atoms with Gasteiger partial charge in [-0.25, -0.2) is 14.4 Å². The van der Waals surface area contributed by atoms with Crippen LogP contribution in [0.5, 0.6) is 5.75 Å². The summed E-state index contributed by atoms with van der Waals surface area (Å²) in [5.41, 5.74) is 3.76. The normalized spacial score (nSPS) is 13.4. The summed E-state index contributed by atoms with van der Waals surface area (Å²) in [6.45, 7) is 14.2. The molecule has 0 fully saturated rings. The van der Waals surface area contributed by atoms with Crippen LogP contribution in [0.3, 0.4) is 0 Å². The Balaban J connectivity index is 1.19. The third-order valence-corrected chi connectivity index (χ3v) is 17.4. The monoisotopic (exact) mass is 1360 g/mol. The predicted molar refractivity (Wildman–Crippen MR) is 381 cm³/mol. The highest BCUT2D eigenvalue weighted by atomic mass is 32.2. The Kier molecular flexibility index (Phi) is 31.7. The molecule has 9 amide bonds. The average Bonchev–Trinajstić information content (AvgIpc) is 0.758. The number of amides is 9. The van der Waals surface area contributed by atoms with Gasteiger partial charge in [0, 0.05) is 56.6 Å². The number of esters is 1. The number of urea groups is 1. The number of rotatable bonds is 38. The number of nitrogens with one attached hydrogen (secondary N) is 9. The van der Waals surface area contributed by atoms with Crippen molar-refractivity contribution >= 4 is 65.3 Å². The highest BCUT2D eigenvalue weighted by Crippen LogP contribution is 2.48. The van der Waals surface area contributed by atoms with Crippen molar-refractivity contribution in [1.82, 2.24) is 47.9 Å². The zero-order valence-corrected chi connectivity index (χ0v) is 58.3. The third-order valence-electron chi connectivity index (χ3n) is 15.8. The number of hydrogen-bond acceptors (Lipinski definition) is 13. The summed E-state index contributed by atoms with van der Waals surface area (Å²) >= 11 is 1.43. The van der Waals surface area contributed by atoms with Gasteiger partial charge in [0.15, 0.2) is 0 Å².